The van der Waals surface area contributed by atoms with Crippen LogP contribution in [0, 0.1) is 0 Å². The number of aliphatic hydroxyl groups excluding tert-OH is 6. The third-order valence-corrected chi connectivity index (χ3v) is 10.9. The first-order valence-electron chi connectivity index (χ1n) is 18.2. The fraction of sp³-hybridized carbons (Fsp3) is 0.538. The molecule has 0 aliphatic heterocycles. The largest absolute Gasteiger partial charge is 0.490 e. The summed E-state index contributed by atoms with van der Waals surface area (Å²) in [7, 11) is 0. The molecule has 290 valence electrons. The summed E-state index contributed by atoms with van der Waals surface area (Å²) in [6.07, 6.45) is 2.53. The van der Waals surface area contributed by atoms with Crippen LogP contribution in [0.15, 0.2) is 65.8 Å². The Kier molecular flexibility index (Phi) is 15.8. The molecule has 3 aromatic rings. The monoisotopic (exact) mass is 774 g/mol. The van der Waals surface area contributed by atoms with Crippen molar-refractivity contribution >= 4 is 29.3 Å². The standard InChI is InChI=1S/C39H51ClN2O10S/c40-32-11-10-28(53-21-5-1-4-16-42(17-19-50-20-18-43)38(49)37(48)36(47)35(46)33(45)24-44)22-26(32)25-51-39(13-14-39)31-23-41-15-12-29(31)30-6-2-3-7-34(30)52-27-8-9-27/h2-3,6-7,10-12,15,22-23,27,33,35-37,43-48H,1,4-5,8-9,13-14,16-21,24-25H2/t33?,35-,36+,37+/m1/s1. The summed E-state index contributed by atoms with van der Waals surface area (Å²) in [4.78, 5) is 19.8. The van der Waals surface area contributed by atoms with Crippen molar-refractivity contribution in [1.29, 1.82) is 0 Å². The second kappa shape index (κ2) is 20.2. The van der Waals surface area contributed by atoms with Crippen molar-refractivity contribution in [3.8, 4) is 16.9 Å². The Morgan fingerprint density at radius 1 is 0.962 bits per heavy atom. The number of hydrogen-bond donors (Lipinski definition) is 6. The van der Waals surface area contributed by atoms with Crippen molar-refractivity contribution in [2.24, 2.45) is 0 Å². The van der Waals surface area contributed by atoms with Crippen LogP contribution in [0.2, 0.25) is 5.02 Å². The van der Waals surface area contributed by atoms with Crippen LogP contribution in [0.25, 0.3) is 11.1 Å². The summed E-state index contributed by atoms with van der Waals surface area (Å²) in [6.45, 7) is -0.136. The van der Waals surface area contributed by atoms with Crippen molar-refractivity contribution in [1.82, 2.24) is 9.88 Å². The molecule has 0 radical (unpaired) electrons. The van der Waals surface area contributed by atoms with Gasteiger partial charge in [0.2, 0.25) is 0 Å². The lowest BCUT2D eigenvalue weighted by atomic mass is 9.96. The zero-order valence-corrected chi connectivity index (χ0v) is 31.3. The van der Waals surface area contributed by atoms with Crippen LogP contribution in [0.5, 0.6) is 5.75 Å². The molecule has 5 rings (SSSR count). The van der Waals surface area contributed by atoms with Crippen molar-refractivity contribution in [2.45, 2.75) is 92.6 Å². The quantitative estimate of drug-likeness (QED) is 0.0575. The first kappa shape index (κ1) is 41.3. The normalized spacial score (nSPS) is 17.2. The number of rotatable bonds is 24. The van der Waals surface area contributed by atoms with Gasteiger partial charge < -0.3 is 49.7 Å². The highest BCUT2D eigenvalue weighted by molar-refractivity contribution is 7.99. The highest BCUT2D eigenvalue weighted by Crippen LogP contribution is 2.53. The summed E-state index contributed by atoms with van der Waals surface area (Å²) in [6, 6.07) is 16.1. The van der Waals surface area contributed by atoms with E-state index in [0.29, 0.717) is 18.1 Å². The van der Waals surface area contributed by atoms with E-state index in [-0.39, 0.29) is 39.0 Å². The molecule has 1 amide bonds. The number of pyridine rings is 1. The predicted molar refractivity (Wildman–Crippen MR) is 201 cm³/mol. The molecular weight excluding hydrogens is 724 g/mol. The molecule has 2 aliphatic carbocycles. The number of aliphatic hydroxyl groups is 6. The molecule has 2 aromatic carbocycles. The van der Waals surface area contributed by atoms with Gasteiger partial charge in [-0.05, 0) is 85.7 Å². The zero-order chi connectivity index (χ0) is 37.8. The van der Waals surface area contributed by atoms with Gasteiger partial charge in [0.1, 0.15) is 24.1 Å². The van der Waals surface area contributed by atoms with Gasteiger partial charge in [-0.1, -0.05) is 36.2 Å². The molecule has 6 N–H and O–H groups in total. The molecule has 1 aromatic heterocycles. The molecule has 2 saturated carbocycles. The van der Waals surface area contributed by atoms with Gasteiger partial charge in [0, 0.05) is 46.5 Å². The molecule has 2 aliphatic rings. The fourth-order valence-corrected chi connectivity index (χ4v) is 7.17. The van der Waals surface area contributed by atoms with E-state index in [0.717, 1.165) is 77.2 Å². The van der Waals surface area contributed by atoms with Crippen LogP contribution in [0.3, 0.4) is 0 Å². The maximum atomic E-state index is 13.0. The number of hydrogen-bond acceptors (Lipinski definition) is 12. The molecule has 1 heterocycles. The minimum absolute atomic E-state index is 0.0852. The third-order valence-electron chi connectivity index (χ3n) is 9.43. The Hall–Kier alpha value is -2.82. The van der Waals surface area contributed by atoms with Gasteiger partial charge in [0.05, 0.1) is 44.7 Å². The summed E-state index contributed by atoms with van der Waals surface area (Å²) >= 11 is 8.34. The molecule has 0 saturated heterocycles. The Morgan fingerprint density at radius 2 is 1.75 bits per heavy atom. The van der Waals surface area contributed by atoms with E-state index in [1.807, 2.05) is 48.8 Å². The van der Waals surface area contributed by atoms with Crippen LogP contribution in [0.4, 0.5) is 0 Å². The number of aromatic nitrogens is 1. The SMILES string of the molecule is O=C([C@@H](O)[C@@H](O)[C@H](O)C(O)CO)N(CCCCCSc1ccc(Cl)c(COC2(c3cnccc3-c3ccccc3OC3CC3)CC2)c1)CCOCCO. The Morgan fingerprint density at radius 3 is 2.49 bits per heavy atom. The second-order valence-electron chi connectivity index (χ2n) is 13.5. The van der Waals surface area contributed by atoms with Gasteiger partial charge in [0.15, 0.2) is 6.10 Å². The number of nitrogens with zero attached hydrogens (tertiary/aromatic N) is 2. The molecule has 4 atom stereocenters. The van der Waals surface area contributed by atoms with E-state index >= 15 is 0 Å². The molecule has 1 unspecified atom stereocenters. The van der Waals surface area contributed by atoms with E-state index in [1.165, 1.54) is 4.90 Å². The molecular formula is C39H51ClN2O10S. The average molecular weight is 775 g/mol. The predicted octanol–water partition coefficient (Wildman–Crippen LogP) is 3.68. The van der Waals surface area contributed by atoms with Crippen molar-refractivity contribution in [3.63, 3.8) is 0 Å². The van der Waals surface area contributed by atoms with Gasteiger partial charge in [-0.15, -0.1) is 11.8 Å². The Balaban J connectivity index is 1.12. The first-order valence-corrected chi connectivity index (χ1v) is 19.6. The summed E-state index contributed by atoms with van der Waals surface area (Å²) in [5, 5.41) is 58.9. The molecule has 53 heavy (non-hydrogen) atoms. The number of carbonyl (C=O) groups excluding carboxylic acids is 1. The number of carbonyl (C=O) groups is 1. The maximum Gasteiger partial charge on any atom is 0.254 e. The fourth-order valence-electron chi connectivity index (χ4n) is 6.02. The number of thioether (sulfide) groups is 1. The Bertz CT molecular complexity index is 1610. The lowest BCUT2D eigenvalue weighted by Crippen LogP contribution is -2.53. The number of halogens is 1. The molecule has 0 bridgehead atoms. The Labute approximate surface area is 319 Å². The van der Waals surface area contributed by atoms with Crippen molar-refractivity contribution in [3.05, 3.63) is 77.1 Å². The van der Waals surface area contributed by atoms with E-state index in [9.17, 15) is 25.2 Å². The van der Waals surface area contributed by atoms with Gasteiger partial charge in [0.25, 0.3) is 5.91 Å². The van der Waals surface area contributed by atoms with Crippen LogP contribution in [0.1, 0.15) is 56.1 Å². The van der Waals surface area contributed by atoms with Crippen molar-refractivity contribution in [2.75, 3.05) is 45.3 Å². The second-order valence-corrected chi connectivity index (χ2v) is 15.1. The molecule has 0 spiro atoms. The number of para-hydroxylation sites is 1. The summed E-state index contributed by atoms with van der Waals surface area (Å²) < 4.78 is 18.2. The van der Waals surface area contributed by atoms with E-state index in [1.54, 1.807) is 11.8 Å². The highest BCUT2D eigenvalue weighted by atomic mass is 35.5. The van der Waals surface area contributed by atoms with Crippen molar-refractivity contribution < 1.29 is 49.6 Å². The lowest BCUT2D eigenvalue weighted by molar-refractivity contribution is -0.159. The van der Waals surface area contributed by atoms with Gasteiger partial charge in [-0.3, -0.25) is 9.78 Å². The maximum absolute atomic E-state index is 13.0. The van der Waals surface area contributed by atoms with Gasteiger partial charge in [-0.2, -0.15) is 0 Å². The average Bonchev–Trinajstić information content (AvgIpc) is 4.13. The van der Waals surface area contributed by atoms with Crippen LogP contribution in [-0.4, -0.2) is 122 Å². The number of ether oxygens (including phenoxy) is 3. The van der Waals surface area contributed by atoms with Gasteiger partial charge >= 0.3 is 0 Å². The van der Waals surface area contributed by atoms with E-state index < -0.39 is 42.5 Å². The number of amides is 1. The molecule has 14 heteroatoms. The van der Waals surface area contributed by atoms with Crippen LogP contribution < -0.4 is 4.74 Å². The smallest absolute Gasteiger partial charge is 0.254 e. The minimum atomic E-state index is -2.01. The minimum Gasteiger partial charge on any atom is -0.490 e. The summed E-state index contributed by atoms with van der Waals surface area (Å²) in [5.41, 5.74) is 3.62. The number of benzene rings is 2. The zero-order valence-electron chi connectivity index (χ0n) is 29.8. The first-order chi connectivity index (χ1) is 25.7. The molecule has 2 fully saturated rings. The topological polar surface area (TPSA) is 182 Å². The van der Waals surface area contributed by atoms with E-state index in [4.69, 9.17) is 36.0 Å². The molecule has 12 nitrogen and oxygen atoms in total. The number of unbranched alkanes of at least 4 members (excludes halogenated alkanes) is 2. The van der Waals surface area contributed by atoms with Crippen LogP contribution >= 0.6 is 23.4 Å². The van der Waals surface area contributed by atoms with E-state index in [2.05, 4.69) is 17.1 Å². The van der Waals surface area contributed by atoms with Gasteiger partial charge in [-0.25, -0.2) is 0 Å². The lowest BCUT2D eigenvalue weighted by Gasteiger charge is -2.30. The van der Waals surface area contributed by atoms with Crippen LogP contribution in [-0.2, 0) is 26.5 Å². The third kappa shape index (κ3) is 11.6. The summed E-state index contributed by atoms with van der Waals surface area (Å²) in [5.74, 6) is 0.861. The highest BCUT2D eigenvalue weighted by Gasteiger charge is 2.48.